The zero-order chi connectivity index (χ0) is 29.3. The van der Waals surface area contributed by atoms with Gasteiger partial charge in [-0.15, -0.1) is 0 Å². The minimum absolute atomic E-state index is 0.0782. The number of amides is 1. The standard InChI is InChI=1S/C32H33N5O3S/c1-19-8-9-20(2)27(17-19)34-28(38)14-16-36-30(29(35-32(36)41)26-7-5-6-15-33-26)25-18-21(3)37(22(25)4)24-12-10-23(11-13-24)31(39)40/h5-13,15,17-18,29-30H,14,16H2,1-4H3,(H,34,38)(H,35,41)(H,39,40)/t29-,30-/m1/s1. The van der Waals surface area contributed by atoms with Gasteiger partial charge in [0.25, 0.3) is 0 Å². The number of aryl methyl sites for hydroxylation is 3. The van der Waals surface area contributed by atoms with E-state index in [-0.39, 0.29) is 30.0 Å². The molecule has 1 saturated heterocycles. The second-order valence-electron chi connectivity index (χ2n) is 10.5. The van der Waals surface area contributed by atoms with Crippen molar-refractivity contribution in [3.63, 3.8) is 0 Å². The third-order valence-corrected chi connectivity index (χ3v) is 7.96. The van der Waals surface area contributed by atoms with Crippen molar-refractivity contribution in [1.82, 2.24) is 19.8 Å². The van der Waals surface area contributed by atoms with Crippen LogP contribution in [-0.4, -0.2) is 43.1 Å². The molecule has 0 unspecified atom stereocenters. The minimum atomic E-state index is -0.959. The lowest BCUT2D eigenvalue weighted by Crippen LogP contribution is -2.33. The summed E-state index contributed by atoms with van der Waals surface area (Å²) in [6.45, 7) is 8.49. The maximum atomic E-state index is 13.1. The van der Waals surface area contributed by atoms with E-state index >= 15 is 0 Å². The van der Waals surface area contributed by atoms with Gasteiger partial charge in [0.15, 0.2) is 5.11 Å². The number of hydrogen-bond acceptors (Lipinski definition) is 4. The molecule has 9 heteroatoms. The van der Waals surface area contributed by atoms with Crippen molar-refractivity contribution in [2.75, 3.05) is 11.9 Å². The van der Waals surface area contributed by atoms with Gasteiger partial charge in [-0.05, 0) is 105 Å². The Kier molecular flexibility index (Phi) is 7.90. The fourth-order valence-corrected chi connectivity index (χ4v) is 5.86. The fraction of sp³-hybridized carbons (Fsp3) is 0.250. The zero-order valence-corrected chi connectivity index (χ0v) is 24.3. The first-order chi connectivity index (χ1) is 19.6. The van der Waals surface area contributed by atoms with E-state index in [4.69, 9.17) is 12.2 Å². The number of nitrogens with one attached hydrogen (secondary N) is 2. The van der Waals surface area contributed by atoms with Crippen LogP contribution >= 0.6 is 12.2 Å². The SMILES string of the molecule is Cc1ccc(C)c(NC(=O)CCN2C(=S)N[C@H](c3ccccn3)[C@H]2c2cc(C)n(-c3ccc(C(=O)O)cc3)c2C)c1. The highest BCUT2D eigenvalue weighted by molar-refractivity contribution is 7.80. The van der Waals surface area contributed by atoms with Gasteiger partial charge >= 0.3 is 5.97 Å². The molecule has 0 spiro atoms. The van der Waals surface area contributed by atoms with Gasteiger partial charge in [-0.2, -0.15) is 0 Å². The van der Waals surface area contributed by atoms with Crippen LogP contribution in [0.15, 0.2) is 72.9 Å². The average Bonchev–Trinajstić information content (AvgIpc) is 3.44. The van der Waals surface area contributed by atoms with Gasteiger partial charge in [-0.1, -0.05) is 18.2 Å². The molecule has 1 aliphatic rings. The highest BCUT2D eigenvalue weighted by Crippen LogP contribution is 2.41. The van der Waals surface area contributed by atoms with Gasteiger partial charge in [0.1, 0.15) is 0 Å². The lowest BCUT2D eigenvalue weighted by Gasteiger charge is -2.28. The maximum absolute atomic E-state index is 13.1. The van der Waals surface area contributed by atoms with Gasteiger partial charge < -0.3 is 25.2 Å². The number of aromatic carboxylic acids is 1. The Morgan fingerprint density at radius 2 is 1.78 bits per heavy atom. The fourth-order valence-electron chi connectivity index (χ4n) is 5.53. The molecule has 3 heterocycles. The highest BCUT2D eigenvalue weighted by Gasteiger charge is 2.41. The van der Waals surface area contributed by atoms with Crippen LogP contribution in [0.5, 0.6) is 0 Å². The van der Waals surface area contributed by atoms with E-state index in [1.54, 1.807) is 18.3 Å². The molecule has 41 heavy (non-hydrogen) atoms. The quantitative estimate of drug-likeness (QED) is 0.231. The number of hydrogen-bond donors (Lipinski definition) is 3. The molecule has 0 bridgehead atoms. The number of pyridine rings is 1. The molecule has 2 aromatic heterocycles. The van der Waals surface area contributed by atoms with Gasteiger partial charge in [0.05, 0.1) is 23.3 Å². The van der Waals surface area contributed by atoms with Crippen molar-refractivity contribution in [1.29, 1.82) is 0 Å². The Morgan fingerprint density at radius 1 is 1.02 bits per heavy atom. The zero-order valence-electron chi connectivity index (χ0n) is 23.5. The number of nitrogens with zero attached hydrogens (tertiary/aromatic N) is 3. The van der Waals surface area contributed by atoms with Gasteiger partial charge in [0, 0.05) is 41.9 Å². The van der Waals surface area contributed by atoms with Crippen LogP contribution in [0, 0.1) is 27.7 Å². The molecule has 0 radical (unpaired) electrons. The Labute approximate surface area is 245 Å². The second kappa shape index (κ2) is 11.5. The van der Waals surface area contributed by atoms with E-state index < -0.39 is 5.97 Å². The van der Waals surface area contributed by atoms with Crippen molar-refractivity contribution in [3.05, 3.63) is 112 Å². The molecule has 210 valence electrons. The summed E-state index contributed by atoms with van der Waals surface area (Å²) in [5.74, 6) is -1.04. The smallest absolute Gasteiger partial charge is 0.335 e. The van der Waals surface area contributed by atoms with Crippen LogP contribution in [0.1, 0.15) is 62.6 Å². The largest absolute Gasteiger partial charge is 0.478 e. The molecular formula is C32H33N5O3S. The van der Waals surface area contributed by atoms with Crippen LogP contribution in [0.3, 0.4) is 0 Å². The normalized spacial score (nSPS) is 16.5. The average molecular weight is 568 g/mol. The summed E-state index contributed by atoms with van der Waals surface area (Å²) in [5.41, 5.74) is 7.96. The lowest BCUT2D eigenvalue weighted by atomic mass is 9.96. The number of carboxylic acid groups (broad SMARTS) is 1. The molecule has 1 fully saturated rings. The van der Waals surface area contributed by atoms with Crippen molar-refractivity contribution >= 4 is 34.9 Å². The molecule has 1 amide bonds. The molecule has 5 rings (SSSR count). The van der Waals surface area contributed by atoms with Gasteiger partial charge in [-0.25, -0.2) is 4.79 Å². The minimum Gasteiger partial charge on any atom is -0.478 e. The molecule has 2 aromatic carbocycles. The predicted octanol–water partition coefficient (Wildman–Crippen LogP) is 5.81. The van der Waals surface area contributed by atoms with Crippen molar-refractivity contribution in [3.8, 4) is 5.69 Å². The molecule has 4 aromatic rings. The molecule has 8 nitrogen and oxygen atoms in total. The van der Waals surface area contributed by atoms with Gasteiger partial charge in [-0.3, -0.25) is 9.78 Å². The highest BCUT2D eigenvalue weighted by atomic mass is 32.1. The molecule has 2 atom stereocenters. The van der Waals surface area contributed by atoms with Crippen LogP contribution in [0.2, 0.25) is 0 Å². The number of thiocarbonyl (C=S) groups is 1. The third kappa shape index (κ3) is 5.71. The third-order valence-electron chi connectivity index (χ3n) is 7.61. The molecular weight excluding hydrogens is 534 g/mol. The van der Waals surface area contributed by atoms with Crippen molar-refractivity contribution in [2.24, 2.45) is 0 Å². The Morgan fingerprint density at radius 3 is 2.46 bits per heavy atom. The number of carbonyl (C=O) groups is 2. The topological polar surface area (TPSA) is 99.5 Å². The van der Waals surface area contributed by atoms with E-state index in [1.165, 1.54) is 0 Å². The number of rotatable bonds is 8. The van der Waals surface area contributed by atoms with Crippen molar-refractivity contribution in [2.45, 2.75) is 46.2 Å². The number of carbonyl (C=O) groups excluding carboxylic acids is 1. The summed E-state index contributed by atoms with van der Waals surface area (Å²) in [6, 6.07) is 20.4. The van der Waals surface area contributed by atoms with Gasteiger partial charge in [0.2, 0.25) is 5.91 Å². The molecule has 3 N–H and O–H groups in total. The van der Waals surface area contributed by atoms with Crippen molar-refractivity contribution < 1.29 is 14.7 Å². The molecule has 1 aliphatic heterocycles. The Balaban J connectivity index is 1.47. The van der Waals surface area contributed by atoms with Crippen LogP contribution in [0.4, 0.5) is 5.69 Å². The first-order valence-corrected chi connectivity index (χ1v) is 13.9. The van der Waals surface area contributed by atoms with E-state index in [0.29, 0.717) is 11.7 Å². The second-order valence-corrected chi connectivity index (χ2v) is 10.8. The van der Waals surface area contributed by atoms with E-state index in [1.807, 2.05) is 69.3 Å². The van der Waals surface area contributed by atoms with Crippen LogP contribution < -0.4 is 10.6 Å². The lowest BCUT2D eigenvalue weighted by molar-refractivity contribution is -0.116. The molecule has 0 saturated carbocycles. The molecule has 0 aliphatic carbocycles. The number of carboxylic acids is 1. The predicted molar refractivity (Wildman–Crippen MR) is 164 cm³/mol. The van der Waals surface area contributed by atoms with E-state index in [0.717, 1.165) is 45.1 Å². The van der Waals surface area contributed by atoms with Crippen LogP contribution in [0.25, 0.3) is 5.69 Å². The number of aromatic nitrogens is 2. The summed E-state index contributed by atoms with van der Waals surface area (Å²) in [5, 5.41) is 16.4. The Bertz CT molecular complexity index is 1610. The number of anilines is 1. The monoisotopic (exact) mass is 567 g/mol. The first-order valence-electron chi connectivity index (χ1n) is 13.5. The van der Waals surface area contributed by atoms with E-state index in [2.05, 4.69) is 38.1 Å². The van der Waals surface area contributed by atoms with Crippen LogP contribution in [-0.2, 0) is 4.79 Å². The summed E-state index contributed by atoms with van der Waals surface area (Å²) < 4.78 is 2.11. The summed E-state index contributed by atoms with van der Waals surface area (Å²) >= 11 is 5.82. The first kappa shape index (κ1) is 28.0. The summed E-state index contributed by atoms with van der Waals surface area (Å²) in [7, 11) is 0. The Hall–Kier alpha value is -4.50. The summed E-state index contributed by atoms with van der Waals surface area (Å²) in [6.07, 6.45) is 2.03. The number of benzene rings is 2. The maximum Gasteiger partial charge on any atom is 0.335 e. The summed E-state index contributed by atoms with van der Waals surface area (Å²) in [4.78, 5) is 31.1. The van der Waals surface area contributed by atoms with E-state index in [9.17, 15) is 14.7 Å².